The Balaban J connectivity index is 1.50. The number of amidine groups is 1. The number of carboxylic acids is 1. The predicted molar refractivity (Wildman–Crippen MR) is 103 cm³/mol. The van der Waals surface area contributed by atoms with Crippen molar-refractivity contribution in [3.05, 3.63) is 0 Å². The summed E-state index contributed by atoms with van der Waals surface area (Å²) in [4.78, 5) is 14.3. The number of nitrogens with two attached hydrogens (primary N) is 1. The average Bonchev–Trinajstić information content (AvgIpc) is 2.99. The molecule has 1 heterocycles. The minimum absolute atomic E-state index is 0.116. The van der Waals surface area contributed by atoms with E-state index in [0.29, 0.717) is 23.7 Å². The second-order valence-corrected chi connectivity index (χ2v) is 9.66. The average molecular weight is 378 g/mol. The monoisotopic (exact) mass is 377 g/mol. The molecule has 6 heteroatoms. The molecule has 0 aromatic carbocycles. The number of aliphatic hydroxyl groups is 1. The van der Waals surface area contributed by atoms with Gasteiger partial charge in [-0.15, -0.1) is 0 Å². The number of nitrogens with zero attached hydrogens (tertiary/aromatic N) is 1. The quantitative estimate of drug-likeness (QED) is 0.444. The normalized spacial score (nSPS) is 45.1. The third-order valence-corrected chi connectivity index (χ3v) is 8.25. The topological polar surface area (TPSA) is 111 Å². The van der Waals surface area contributed by atoms with E-state index >= 15 is 0 Å². The molecule has 0 spiro atoms. The highest BCUT2D eigenvalue weighted by atomic mass is 16.4. The second-order valence-electron chi connectivity index (χ2n) is 9.66. The third-order valence-electron chi connectivity index (χ3n) is 8.25. The first kappa shape index (κ1) is 19.2. The zero-order valence-corrected chi connectivity index (χ0v) is 16.2. The fraction of sp³-hybridized carbons (Fsp3) is 0.905. The van der Waals surface area contributed by atoms with Gasteiger partial charge in [-0.2, -0.15) is 0 Å². The zero-order chi connectivity index (χ0) is 19.1. The maximum absolute atomic E-state index is 12.0. The van der Waals surface area contributed by atoms with Crippen LogP contribution in [0.3, 0.4) is 0 Å². The number of fused-ring (bicyclic) bond motifs is 2. The van der Waals surface area contributed by atoms with Gasteiger partial charge in [-0.1, -0.05) is 12.8 Å². The van der Waals surface area contributed by atoms with Crippen LogP contribution in [0.4, 0.5) is 0 Å². The summed E-state index contributed by atoms with van der Waals surface area (Å²) in [6.45, 7) is 0.875. The van der Waals surface area contributed by atoms with Gasteiger partial charge in [0.1, 0.15) is 6.04 Å². The fourth-order valence-corrected chi connectivity index (χ4v) is 6.90. The van der Waals surface area contributed by atoms with E-state index in [4.69, 9.17) is 11.1 Å². The molecule has 5 N–H and O–H groups in total. The molecule has 1 saturated heterocycles. The summed E-state index contributed by atoms with van der Waals surface area (Å²) >= 11 is 0. The fourth-order valence-electron chi connectivity index (χ4n) is 6.90. The Morgan fingerprint density at radius 2 is 1.85 bits per heavy atom. The number of aliphatic hydroxyl groups excluding tert-OH is 1. The number of rotatable bonds is 4. The van der Waals surface area contributed by atoms with E-state index in [9.17, 15) is 15.0 Å². The van der Waals surface area contributed by atoms with Gasteiger partial charge in [0.25, 0.3) is 0 Å². The Hall–Kier alpha value is -1.14. The van der Waals surface area contributed by atoms with Crippen molar-refractivity contribution in [1.29, 1.82) is 5.41 Å². The van der Waals surface area contributed by atoms with Gasteiger partial charge in [-0.25, -0.2) is 0 Å². The Bertz CT molecular complexity index is 583. The smallest absolute Gasteiger partial charge is 0.320 e. The van der Waals surface area contributed by atoms with E-state index < -0.39 is 5.97 Å². The van der Waals surface area contributed by atoms with Crippen LogP contribution in [0.15, 0.2) is 0 Å². The summed E-state index contributed by atoms with van der Waals surface area (Å²) in [5.74, 6) is 1.95. The molecular formula is C21H35N3O3. The first-order valence-electron chi connectivity index (χ1n) is 10.9. The molecule has 0 amide bonds. The summed E-state index contributed by atoms with van der Waals surface area (Å²) in [7, 11) is 0. The molecule has 0 radical (unpaired) electrons. The lowest BCUT2D eigenvalue weighted by Gasteiger charge is -2.46. The van der Waals surface area contributed by atoms with Crippen LogP contribution in [0.5, 0.6) is 0 Å². The Kier molecular flexibility index (Phi) is 5.48. The molecule has 152 valence electrons. The van der Waals surface area contributed by atoms with Crippen molar-refractivity contribution in [2.24, 2.45) is 35.3 Å². The first-order valence-corrected chi connectivity index (χ1v) is 10.9. The van der Waals surface area contributed by atoms with Gasteiger partial charge in [-0.05, 0) is 75.0 Å². The number of carboxylic acid groups (broad SMARTS) is 1. The Morgan fingerprint density at radius 1 is 1.04 bits per heavy atom. The summed E-state index contributed by atoms with van der Waals surface area (Å²) in [6, 6.07) is -0.108. The highest BCUT2D eigenvalue weighted by molar-refractivity contribution is 5.80. The number of hydrogen-bond donors (Lipinski definition) is 4. The van der Waals surface area contributed by atoms with Crippen molar-refractivity contribution in [2.75, 3.05) is 6.54 Å². The van der Waals surface area contributed by atoms with Crippen LogP contribution in [0.1, 0.15) is 64.2 Å². The van der Waals surface area contributed by atoms with E-state index in [1.54, 1.807) is 0 Å². The van der Waals surface area contributed by atoms with Gasteiger partial charge >= 0.3 is 5.97 Å². The van der Waals surface area contributed by atoms with Crippen LogP contribution in [0.2, 0.25) is 0 Å². The summed E-state index contributed by atoms with van der Waals surface area (Å²) < 4.78 is 0. The summed E-state index contributed by atoms with van der Waals surface area (Å²) in [6.07, 6.45) is 9.93. The molecular weight excluding hydrogens is 342 g/mol. The third kappa shape index (κ3) is 3.75. The van der Waals surface area contributed by atoms with Gasteiger partial charge in [0, 0.05) is 18.5 Å². The molecule has 8 unspecified atom stereocenters. The van der Waals surface area contributed by atoms with E-state index in [1.165, 1.54) is 19.3 Å². The van der Waals surface area contributed by atoms with Gasteiger partial charge in [0.2, 0.25) is 0 Å². The summed E-state index contributed by atoms with van der Waals surface area (Å²) in [5, 5.41) is 27.8. The lowest BCUT2D eigenvalue weighted by molar-refractivity contribution is -0.143. The van der Waals surface area contributed by atoms with E-state index in [0.717, 1.165) is 51.5 Å². The van der Waals surface area contributed by atoms with Gasteiger partial charge < -0.3 is 15.9 Å². The molecule has 4 rings (SSSR count). The van der Waals surface area contributed by atoms with Gasteiger partial charge in [-0.3, -0.25) is 15.1 Å². The number of aliphatic carboxylic acids is 1. The first-order chi connectivity index (χ1) is 12.9. The van der Waals surface area contributed by atoms with Crippen molar-refractivity contribution >= 4 is 11.8 Å². The molecule has 4 fully saturated rings. The largest absolute Gasteiger partial charge is 0.480 e. The Labute approximate surface area is 162 Å². The zero-order valence-electron chi connectivity index (χ0n) is 16.2. The molecule has 0 aromatic heterocycles. The van der Waals surface area contributed by atoms with Crippen LogP contribution in [-0.2, 0) is 4.79 Å². The summed E-state index contributed by atoms with van der Waals surface area (Å²) in [5.41, 5.74) is 5.80. The van der Waals surface area contributed by atoms with Gasteiger partial charge in [0.15, 0.2) is 0 Å². The lowest BCUT2D eigenvalue weighted by atomic mass is 9.64. The van der Waals surface area contributed by atoms with Crippen molar-refractivity contribution in [1.82, 2.24) is 4.90 Å². The minimum Gasteiger partial charge on any atom is -0.480 e. The lowest BCUT2D eigenvalue weighted by Crippen LogP contribution is -2.49. The van der Waals surface area contributed by atoms with E-state index in [2.05, 4.69) is 4.90 Å². The van der Waals surface area contributed by atoms with Crippen molar-refractivity contribution in [3.8, 4) is 0 Å². The molecule has 1 aliphatic heterocycles. The van der Waals surface area contributed by atoms with Crippen LogP contribution >= 0.6 is 0 Å². The second kappa shape index (κ2) is 7.70. The van der Waals surface area contributed by atoms with Crippen LogP contribution in [0, 0.1) is 35.0 Å². The maximum atomic E-state index is 12.0. The molecule has 6 nitrogen and oxygen atoms in total. The van der Waals surface area contributed by atoms with Crippen LogP contribution < -0.4 is 5.73 Å². The predicted octanol–water partition coefficient (Wildman–Crippen LogP) is 2.44. The maximum Gasteiger partial charge on any atom is 0.320 e. The van der Waals surface area contributed by atoms with Crippen molar-refractivity contribution in [2.45, 2.75) is 82.4 Å². The van der Waals surface area contributed by atoms with Crippen LogP contribution in [0.25, 0.3) is 0 Å². The number of likely N-dealkylation sites (tertiary alicyclic amines) is 1. The molecule has 3 aliphatic carbocycles. The molecule has 3 saturated carbocycles. The van der Waals surface area contributed by atoms with Crippen LogP contribution in [-0.4, -0.2) is 51.7 Å². The minimum atomic E-state index is -0.685. The number of hydrogen-bond acceptors (Lipinski definition) is 4. The molecule has 8 atom stereocenters. The molecule has 4 aliphatic rings. The number of nitrogens with one attached hydrogen (secondary N) is 1. The number of carbonyl (C=O) groups is 1. The highest BCUT2D eigenvalue weighted by Crippen LogP contribution is 2.47. The SMILES string of the molecule is N=C(N)C1CCC2CC(C(=O)O)N(CC3CCCC4CC(O)CCC43)C2C1. The Morgan fingerprint density at radius 3 is 2.59 bits per heavy atom. The van der Waals surface area contributed by atoms with E-state index in [-0.39, 0.29) is 29.9 Å². The molecule has 0 bridgehead atoms. The van der Waals surface area contributed by atoms with Gasteiger partial charge in [0.05, 0.1) is 11.9 Å². The standard InChI is InChI=1S/C21H35N3O3/c22-20(23)14-5-4-13-9-19(21(26)27)24(18(13)10-14)11-15-3-1-2-12-8-16(25)6-7-17(12)15/h12-19,25H,1-11H2,(H3,22,23)(H,26,27). The molecule has 27 heavy (non-hydrogen) atoms. The van der Waals surface area contributed by atoms with Crippen molar-refractivity contribution < 1.29 is 15.0 Å². The highest BCUT2D eigenvalue weighted by Gasteiger charge is 2.49. The van der Waals surface area contributed by atoms with Crippen molar-refractivity contribution in [3.63, 3.8) is 0 Å². The van der Waals surface area contributed by atoms with E-state index in [1.807, 2.05) is 0 Å². The molecule has 0 aromatic rings.